The van der Waals surface area contributed by atoms with Crippen molar-refractivity contribution in [3.8, 4) is 11.5 Å². The average molecular weight is 367 g/mol. The number of hydrogen-bond donors (Lipinski definition) is 2. The van der Waals surface area contributed by atoms with Crippen molar-refractivity contribution in [2.45, 2.75) is 13.5 Å². The van der Waals surface area contributed by atoms with E-state index in [9.17, 15) is 4.79 Å². The van der Waals surface area contributed by atoms with E-state index in [0.29, 0.717) is 42.8 Å². The van der Waals surface area contributed by atoms with Gasteiger partial charge in [-0.05, 0) is 24.6 Å². The Hall–Kier alpha value is -1.21. The number of amides is 1. The van der Waals surface area contributed by atoms with E-state index in [1.165, 1.54) is 0 Å². The molecule has 0 aliphatic heterocycles. The summed E-state index contributed by atoms with van der Waals surface area (Å²) >= 11 is 6.18. The molecule has 0 bridgehead atoms. The predicted octanol–water partition coefficient (Wildman–Crippen LogP) is 2.02. The van der Waals surface area contributed by atoms with Crippen LogP contribution in [0.5, 0.6) is 11.5 Å². The van der Waals surface area contributed by atoms with E-state index in [1.807, 2.05) is 6.92 Å². The number of methoxy groups -OCH3 is 2. The summed E-state index contributed by atoms with van der Waals surface area (Å²) in [6.07, 6.45) is 0. The van der Waals surface area contributed by atoms with Crippen molar-refractivity contribution in [1.29, 1.82) is 0 Å². The van der Waals surface area contributed by atoms with Gasteiger partial charge in [-0.15, -0.1) is 12.4 Å². The van der Waals surface area contributed by atoms with Gasteiger partial charge in [0.1, 0.15) is 0 Å². The van der Waals surface area contributed by atoms with Crippen LogP contribution >= 0.6 is 24.0 Å². The lowest BCUT2D eigenvalue weighted by Crippen LogP contribution is -2.34. The highest BCUT2D eigenvalue weighted by Crippen LogP contribution is 2.36. The van der Waals surface area contributed by atoms with Crippen LogP contribution in [0.1, 0.15) is 12.5 Å². The van der Waals surface area contributed by atoms with Crippen LogP contribution in [-0.4, -0.2) is 46.4 Å². The van der Waals surface area contributed by atoms with Gasteiger partial charge in [-0.2, -0.15) is 0 Å². The summed E-state index contributed by atoms with van der Waals surface area (Å²) in [5.74, 6) is 0.972. The molecular formula is C15H24Cl2N2O4. The minimum absolute atomic E-state index is 0. The molecule has 23 heavy (non-hydrogen) atoms. The second-order valence-corrected chi connectivity index (χ2v) is 4.90. The number of rotatable bonds is 10. The third kappa shape index (κ3) is 7.74. The Labute approximate surface area is 148 Å². The lowest BCUT2D eigenvalue weighted by molar-refractivity contribution is -0.120. The minimum atomic E-state index is -0.0972. The van der Waals surface area contributed by atoms with E-state index in [-0.39, 0.29) is 24.9 Å². The van der Waals surface area contributed by atoms with Crippen LogP contribution in [0, 0.1) is 0 Å². The minimum Gasteiger partial charge on any atom is -0.493 e. The molecular weight excluding hydrogens is 343 g/mol. The standard InChI is InChI=1S/C15H23ClN2O4.ClH/c1-4-22-15-12(16)7-11(8-13(15)21-3)9-18-14(19)10-17-5-6-20-2;/h7-8,17H,4-6,9-10H2,1-3H3,(H,18,19);1H. The van der Waals surface area contributed by atoms with E-state index < -0.39 is 0 Å². The van der Waals surface area contributed by atoms with Crippen LogP contribution in [0.25, 0.3) is 0 Å². The molecule has 0 radical (unpaired) electrons. The number of carbonyl (C=O) groups excluding carboxylic acids is 1. The van der Waals surface area contributed by atoms with Crippen molar-refractivity contribution in [1.82, 2.24) is 10.6 Å². The maximum Gasteiger partial charge on any atom is 0.234 e. The summed E-state index contributed by atoms with van der Waals surface area (Å²) in [6.45, 7) is 4.18. The Balaban J connectivity index is 0.00000484. The summed E-state index contributed by atoms with van der Waals surface area (Å²) in [5.41, 5.74) is 0.843. The Kier molecular flexibility index (Phi) is 11.6. The summed E-state index contributed by atoms with van der Waals surface area (Å²) < 4.78 is 15.6. The molecule has 0 aliphatic rings. The maximum atomic E-state index is 11.7. The molecule has 0 saturated carbocycles. The number of nitrogens with one attached hydrogen (secondary N) is 2. The van der Waals surface area contributed by atoms with E-state index in [2.05, 4.69) is 10.6 Å². The first-order valence-electron chi connectivity index (χ1n) is 7.07. The summed E-state index contributed by atoms with van der Waals surface area (Å²) in [4.78, 5) is 11.7. The molecule has 0 aromatic heterocycles. The first kappa shape index (κ1) is 21.8. The van der Waals surface area contributed by atoms with Crippen molar-refractivity contribution in [2.75, 3.05) is 40.5 Å². The summed E-state index contributed by atoms with van der Waals surface area (Å²) in [5, 5.41) is 6.24. The number of hydrogen-bond acceptors (Lipinski definition) is 5. The van der Waals surface area contributed by atoms with Gasteiger partial charge in [0.25, 0.3) is 0 Å². The first-order valence-corrected chi connectivity index (χ1v) is 7.45. The second kappa shape index (κ2) is 12.2. The second-order valence-electron chi connectivity index (χ2n) is 4.49. The van der Waals surface area contributed by atoms with Crippen molar-refractivity contribution in [2.24, 2.45) is 0 Å². The molecule has 6 nitrogen and oxygen atoms in total. The number of benzene rings is 1. The Morgan fingerprint density at radius 3 is 2.65 bits per heavy atom. The Morgan fingerprint density at radius 1 is 1.30 bits per heavy atom. The Bertz CT molecular complexity index is 487. The summed E-state index contributed by atoms with van der Waals surface area (Å²) in [6, 6.07) is 3.56. The van der Waals surface area contributed by atoms with Gasteiger partial charge in [0, 0.05) is 20.2 Å². The highest BCUT2D eigenvalue weighted by Gasteiger charge is 2.12. The monoisotopic (exact) mass is 366 g/mol. The van der Waals surface area contributed by atoms with Gasteiger partial charge < -0.3 is 24.8 Å². The van der Waals surface area contributed by atoms with Gasteiger partial charge in [-0.3, -0.25) is 4.79 Å². The highest BCUT2D eigenvalue weighted by atomic mass is 35.5. The van der Waals surface area contributed by atoms with Crippen molar-refractivity contribution < 1.29 is 19.0 Å². The van der Waals surface area contributed by atoms with Crippen LogP contribution in [0.2, 0.25) is 5.02 Å². The molecule has 0 saturated heterocycles. The topological polar surface area (TPSA) is 68.8 Å². The zero-order valence-corrected chi connectivity index (χ0v) is 15.2. The average Bonchev–Trinajstić information content (AvgIpc) is 2.51. The fourth-order valence-electron chi connectivity index (χ4n) is 1.80. The molecule has 132 valence electrons. The molecule has 1 amide bonds. The van der Waals surface area contributed by atoms with Crippen LogP contribution in [-0.2, 0) is 16.1 Å². The third-order valence-electron chi connectivity index (χ3n) is 2.84. The molecule has 0 fully saturated rings. The van der Waals surface area contributed by atoms with Gasteiger partial charge in [-0.1, -0.05) is 11.6 Å². The van der Waals surface area contributed by atoms with Crippen LogP contribution < -0.4 is 20.1 Å². The predicted molar refractivity (Wildman–Crippen MR) is 93.0 cm³/mol. The van der Waals surface area contributed by atoms with Gasteiger partial charge in [0.05, 0.1) is 31.9 Å². The molecule has 0 aliphatic carbocycles. The zero-order chi connectivity index (χ0) is 16.4. The number of carbonyl (C=O) groups is 1. The Morgan fingerprint density at radius 2 is 2.04 bits per heavy atom. The molecule has 0 spiro atoms. The quantitative estimate of drug-likeness (QED) is 0.620. The van der Waals surface area contributed by atoms with Crippen LogP contribution in [0.15, 0.2) is 12.1 Å². The molecule has 2 N–H and O–H groups in total. The fourth-order valence-corrected chi connectivity index (χ4v) is 2.09. The molecule has 0 unspecified atom stereocenters. The number of halogens is 2. The molecule has 8 heteroatoms. The molecule has 0 heterocycles. The van der Waals surface area contributed by atoms with Gasteiger partial charge >= 0.3 is 0 Å². The number of ether oxygens (including phenoxy) is 3. The van der Waals surface area contributed by atoms with Crippen LogP contribution in [0.3, 0.4) is 0 Å². The molecule has 1 rings (SSSR count). The molecule has 1 aromatic carbocycles. The van der Waals surface area contributed by atoms with Crippen LogP contribution in [0.4, 0.5) is 0 Å². The zero-order valence-electron chi connectivity index (χ0n) is 13.6. The lowest BCUT2D eigenvalue weighted by atomic mass is 10.2. The van der Waals surface area contributed by atoms with Gasteiger partial charge in [0.15, 0.2) is 11.5 Å². The van der Waals surface area contributed by atoms with E-state index in [1.54, 1.807) is 26.4 Å². The van der Waals surface area contributed by atoms with Crippen molar-refractivity contribution in [3.63, 3.8) is 0 Å². The third-order valence-corrected chi connectivity index (χ3v) is 3.12. The van der Waals surface area contributed by atoms with Crippen molar-refractivity contribution >= 4 is 29.9 Å². The SMILES string of the molecule is CCOc1c(Cl)cc(CNC(=O)CNCCOC)cc1OC.Cl. The van der Waals surface area contributed by atoms with E-state index in [0.717, 1.165) is 5.56 Å². The van der Waals surface area contributed by atoms with E-state index >= 15 is 0 Å². The van der Waals surface area contributed by atoms with Crippen molar-refractivity contribution in [3.05, 3.63) is 22.7 Å². The molecule has 1 aromatic rings. The smallest absolute Gasteiger partial charge is 0.234 e. The first-order chi connectivity index (χ1) is 10.6. The highest BCUT2D eigenvalue weighted by molar-refractivity contribution is 6.32. The largest absolute Gasteiger partial charge is 0.493 e. The van der Waals surface area contributed by atoms with E-state index in [4.69, 9.17) is 25.8 Å². The summed E-state index contributed by atoms with van der Waals surface area (Å²) in [7, 11) is 3.17. The van der Waals surface area contributed by atoms with Gasteiger partial charge in [-0.25, -0.2) is 0 Å². The maximum absolute atomic E-state index is 11.7. The fraction of sp³-hybridized carbons (Fsp3) is 0.533. The lowest BCUT2D eigenvalue weighted by Gasteiger charge is -2.13. The normalized spacial score (nSPS) is 9.91. The van der Waals surface area contributed by atoms with Gasteiger partial charge in [0.2, 0.25) is 5.91 Å². The molecule has 0 atom stereocenters.